The third-order valence-corrected chi connectivity index (χ3v) is 5.62. The van der Waals surface area contributed by atoms with Crippen LogP contribution in [0.15, 0.2) is 0 Å². The molecule has 17 heavy (non-hydrogen) atoms. The molecule has 1 aliphatic heterocycles. The molecule has 1 N–H and O–H groups in total. The molecule has 1 aliphatic rings. The van der Waals surface area contributed by atoms with Crippen LogP contribution in [0.4, 0.5) is 0 Å². The molecule has 0 aliphatic carbocycles. The summed E-state index contributed by atoms with van der Waals surface area (Å²) in [5, 5.41) is 9.66. The van der Waals surface area contributed by atoms with E-state index in [2.05, 4.69) is 0 Å². The maximum Gasteiger partial charge on any atom is 0.335 e. The summed E-state index contributed by atoms with van der Waals surface area (Å²) in [4.78, 5) is 0. The number of epoxide rings is 1. The van der Waals surface area contributed by atoms with Crippen LogP contribution in [0, 0.1) is 0 Å². The molecule has 102 valence electrons. The van der Waals surface area contributed by atoms with Crippen LogP contribution in [-0.4, -0.2) is 52.5 Å². The van der Waals surface area contributed by atoms with Crippen LogP contribution in [0.5, 0.6) is 0 Å². The molecule has 5 nitrogen and oxygen atoms in total. The quantitative estimate of drug-likeness (QED) is 0.366. The zero-order valence-corrected chi connectivity index (χ0v) is 12.0. The largest absolute Gasteiger partial charge is 0.395 e. The highest BCUT2D eigenvalue weighted by Gasteiger charge is 2.32. The fraction of sp³-hybridized carbons (Fsp3) is 1.00. The van der Waals surface area contributed by atoms with E-state index < -0.39 is 14.9 Å². The SMILES string of the molecule is CCO[Si](C)(CCC(O)OCC1CO1)OCC. The molecule has 1 saturated heterocycles. The second-order valence-corrected chi connectivity index (χ2v) is 7.63. The number of ether oxygens (including phenoxy) is 2. The topological polar surface area (TPSA) is 60.5 Å². The van der Waals surface area contributed by atoms with Gasteiger partial charge in [-0.25, -0.2) is 0 Å². The monoisotopic (exact) mass is 264 g/mol. The highest BCUT2D eigenvalue weighted by Crippen LogP contribution is 2.18. The molecule has 0 amide bonds. The Hall–Kier alpha value is 0.0169. The van der Waals surface area contributed by atoms with Crippen LogP contribution in [0.1, 0.15) is 20.3 Å². The third kappa shape index (κ3) is 6.49. The van der Waals surface area contributed by atoms with E-state index in [1.807, 2.05) is 20.4 Å². The van der Waals surface area contributed by atoms with E-state index in [-0.39, 0.29) is 6.10 Å². The Kier molecular flexibility index (Phi) is 6.61. The van der Waals surface area contributed by atoms with Crippen molar-refractivity contribution in [3.05, 3.63) is 0 Å². The lowest BCUT2D eigenvalue weighted by Gasteiger charge is -2.26. The summed E-state index contributed by atoms with van der Waals surface area (Å²) in [5.41, 5.74) is 0. The summed E-state index contributed by atoms with van der Waals surface area (Å²) >= 11 is 0. The van der Waals surface area contributed by atoms with Crippen molar-refractivity contribution in [1.82, 2.24) is 0 Å². The van der Waals surface area contributed by atoms with E-state index in [0.29, 0.717) is 26.2 Å². The average Bonchev–Trinajstić information content (AvgIpc) is 3.08. The fourth-order valence-electron chi connectivity index (χ4n) is 1.65. The molecule has 1 fully saturated rings. The van der Waals surface area contributed by atoms with E-state index in [0.717, 1.165) is 12.7 Å². The molecule has 0 radical (unpaired) electrons. The van der Waals surface area contributed by atoms with Crippen LogP contribution >= 0.6 is 0 Å². The van der Waals surface area contributed by atoms with E-state index in [1.54, 1.807) is 0 Å². The fourth-order valence-corrected chi connectivity index (χ4v) is 4.01. The molecule has 1 rings (SSSR count). The molecular formula is C11H24O5Si. The molecular weight excluding hydrogens is 240 g/mol. The van der Waals surface area contributed by atoms with Gasteiger partial charge in [0.05, 0.1) is 13.2 Å². The molecule has 2 unspecified atom stereocenters. The number of hydrogen-bond acceptors (Lipinski definition) is 5. The standard InChI is InChI=1S/C11H24O5Si/c1-4-15-17(3,16-5-2)7-6-11(12)14-9-10-8-13-10/h10-12H,4-9H2,1-3H3. The van der Waals surface area contributed by atoms with Crippen molar-refractivity contribution in [3.63, 3.8) is 0 Å². The van der Waals surface area contributed by atoms with Gasteiger partial charge >= 0.3 is 8.56 Å². The minimum atomic E-state index is -2.12. The van der Waals surface area contributed by atoms with Crippen molar-refractivity contribution < 1.29 is 23.4 Å². The van der Waals surface area contributed by atoms with Gasteiger partial charge in [-0.1, -0.05) is 0 Å². The summed E-state index contributed by atoms with van der Waals surface area (Å²) in [7, 11) is -2.12. The molecule has 1 heterocycles. The maximum atomic E-state index is 9.66. The zero-order valence-electron chi connectivity index (χ0n) is 11.0. The van der Waals surface area contributed by atoms with Gasteiger partial charge in [0.1, 0.15) is 6.10 Å². The van der Waals surface area contributed by atoms with Crippen molar-refractivity contribution in [1.29, 1.82) is 0 Å². The molecule has 0 saturated carbocycles. The van der Waals surface area contributed by atoms with Gasteiger partial charge in [-0.15, -0.1) is 0 Å². The van der Waals surface area contributed by atoms with Crippen molar-refractivity contribution in [2.45, 2.75) is 45.3 Å². The third-order valence-electron chi connectivity index (χ3n) is 2.62. The first-order valence-corrected chi connectivity index (χ1v) is 8.81. The first kappa shape index (κ1) is 15.1. The number of rotatable bonds is 10. The van der Waals surface area contributed by atoms with Gasteiger partial charge in [0.25, 0.3) is 0 Å². The Morgan fingerprint density at radius 1 is 1.35 bits per heavy atom. The van der Waals surface area contributed by atoms with Crippen molar-refractivity contribution >= 4 is 8.56 Å². The van der Waals surface area contributed by atoms with Gasteiger partial charge < -0.3 is 23.4 Å². The van der Waals surface area contributed by atoms with Crippen LogP contribution in [0.25, 0.3) is 0 Å². The van der Waals surface area contributed by atoms with Gasteiger partial charge in [-0.3, -0.25) is 0 Å². The maximum absolute atomic E-state index is 9.66. The average molecular weight is 264 g/mol. The first-order chi connectivity index (χ1) is 8.09. The summed E-state index contributed by atoms with van der Waals surface area (Å²) in [6, 6.07) is 0.737. The van der Waals surface area contributed by atoms with Crippen molar-refractivity contribution in [2.75, 3.05) is 26.4 Å². The zero-order chi connectivity index (χ0) is 12.7. The Morgan fingerprint density at radius 2 is 1.94 bits per heavy atom. The number of aliphatic hydroxyl groups is 1. The molecule has 0 aromatic rings. The van der Waals surface area contributed by atoms with Gasteiger partial charge in [0.2, 0.25) is 0 Å². The lowest BCUT2D eigenvalue weighted by Crippen LogP contribution is -2.39. The van der Waals surface area contributed by atoms with E-state index in [4.69, 9.17) is 18.3 Å². The van der Waals surface area contributed by atoms with Gasteiger partial charge in [-0.2, -0.15) is 0 Å². The van der Waals surface area contributed by atoms with Crippen molar-refractivity contribution in [2.24, 2.45) is 0 Å². The lowest BCUT2D eigenvalue weighted by atomic mass is 10.4. The van der Waals surface area contributed by atoms with Gasteiger partial charge in [0.15, 0.2) is 6.29 Å². The van der Waals surface area contributed by atoms with Gasteiger partial charge in [0, 0.05) is 19.6 Å². The van der Waals surface area contributed by atoms with Crippen LogP contribution in [0.2, 0.25) is 12.6 Å². The molecule has 0 bridgehead atoms. The second-order valence-electron chi connectivity index (χ2n) is 4.28. The predicted molar refractivity (Wildman–Crippen MR) is 66.0 cm³/mol. The number of aliphatic hydroxyl groups excluding tert-OH is 1. The molecule has 0 aromatic heterocycles. The molecule has 6 heteroatoms. The first-order valence-electron chi connectivity index (χ1n) is 6.29. The van der Waals surface area contributed by atoms with Crippen LogP contribution in [0.3, 0.4) is 0 Å². The Bertz CT molecular complexity index is 204. The van der Waals surface area contributed by atoms with E-state index in [1.165, 1.54) is 0 Å². The van der Waals surface area contributed by atoms with Crippen LogP contribution in [-0.2, 0) is 18.3 Å². The van der Waals surface area contributed by atoms with Crippen molar-refractivity contribution in [3.8, 4) is 0 Å². The van der Waals surface area contributed by atoms with Crippen LogP contribution < -0.4 is 0 Å². The Balaban J connectivity index is 2.18. The highest BCUT2D eigenvalue weighted by atomic mass is 28.4. The lowest BCUT2D eigenvalue weighted by molar-refractivity contribution is -0.104. The van der Waals surface area contributed by atoms with E-state index >= 15 is 0 Å². The second kappa shape index (κ2) is 7.45. The molecule has 2 atom stereocenters. The smallest absolute Gasteiger partial charge is 0.335 e. The Labute approximate surface area is 104 Å². The van der Waals surface area contributed by atoms with E-state index in [9.17, 15) is 5.11 Å². The molecule has 0 aromatic carbocycles. The predicted octanol–water partition coefficient (Wildman–Crippen LogP) is 1.26. The highest BCUT2D eigenvalue weighted by molar-refractivity contribution is 6.66. The Morgan fingerprint density at radius 3 is 2.41 bits per heavy atom. The van der Waals surface area contributed by atoms with Gasteiger partial charge in [-0.05, 0) is 26.4 Å². The molecule has 0 spiro atoms. The summed E-state index contributed by atoms with van der Waals surface area (Å²) in [5.74, 6) is 0. The summed E-state index contributed by atoms with van der Waals surface area (Å²) < 4.78 is 21.6. The number of hydrogen-bond donors (Lipinski definition) is 1. The summed E-state index contributed by atoms with van der Waals surface area (Å²) in [6.45, 7) is 8.46. The normalized spacial score (nSPS) is 21.5. The summed E-state index contributed by atoms with van der Waals surface area (Å²) in [6.07, 6.45) is -0.00545. The minimum Gasteiger partial charge on any atom is -0.395 e. The minimum absolute atomic E-state index is 0.187.